The third-order valence-electron chi connectivity index (χ3n) is 10.1. The first-order valence-corrected chi connectivity index (χ1v) is 22.7. The molecule has 0 aromatic heterocycles. The Morgan fingerprint density at radius 1 is 0.532 bits per heavy atom. The lowest BCUT2D eigenvalue weighted by molar-refractivity contribution is -0.142. The van der Waals surface area contributed by atoms with E-state index in [-0.39, 0.29) is 81.8 Å². The minimum Gasteiger partial charge on any atom is -0.480 e. The van der Waals surface area contributed by atoms with E-state index in [0.717, 1.165) is 19.3 Å². The molecule has 6 atom stereocenters. The summed E-state index contributed by atoms with van der Waals surface area (Å²) in [6.07, 6.45) is 13.3. The molecule has 0 heterocycles. The molecule has 0 saturated carbocycles. The summed E-state index contributed by atoms with van der Waals surface area (Å²) < 4.78 is 0. The van der Waals surface area contributed by atoms with Crippen LogP contribution in [-0.2, 0) is 28.8 Å². The van der Waals surface area contributed by atoms with Crippen molar-refractivity contribution in [2.24, 2.45) is 44.6 Å². The van der Waals surface area contributed by atoms with E-state index >= 15 is 0 Å². The Balaban J connectivity index is 5.90. The first-order chi connectivity index (χ1) is 29.4. The zero-order valence-corrected chi connectivity index (χ0v) is 37.9. The first-order valence-electron chi connectivity index (χ1n) is 22.7. The Bertz CT molecular complexity index is 1370. The van der Waals surface area contributed by atoms with Crippen LogP contribution in [0.5, 0.6) is 0 Å². The lowest BCUT2D eigenvalue weighted by Gasteiger charge is -2.28. The van der Waals surface area contributed by atoms with Crippen molar-refractivity contribution in [2.45, 2.75) is 192 Å². The average molecular weight is 883 g/mol. The van der Waals surface area contributed by atoms with Crippen molar-refractivity contribution >= 4 is 47.4 Å². The van der Waals surface area contributed by atoms with E-state index < -0.39 is 65.9 Å². The van der Waals surface area contributed by atoms with Crippen molar-refractivity contribution in [3.8, 4) is 0 Å². The molecule has 0 aliphatic carbocycles. The summed E-state index contributed by atoms with van der Waals surface area (Å²) in [5.41, 5.74) is 27.3. The number of aliphatic hydroxyl groups is 1. The normalized spacial score (nSPS) is 14.0. The fraction of sp³-hybridized carbons (Fsp3) is 0.810. The lowest BCUT2D eigenvalue weighted by Crippen LogP contribution is -2.61. The van der Waals surface area contributed by atoms with Gasteiger partial charge in [0, 0.05) is 19.5 Å². The van der Waals surface area contributed by atoms with Crippen LogP contribution in [0.1, 0.15) is 156 Å². The Labute approximate surface area is 368 Å². The Morgan fingerprint density at radius 2 is 0.968 bits per heavy atom. The summed E-state index contributed by atoms with van der Waals surface area (Å²) in [5.74, 6) is -5.19. The number of carbonyl (C=O) groups excluding carboxylic acids is 5. The number of carboxylic acid groups (broad SMARTS) is 1. The van der Waals surface area contributed by atoms with E-state index in [2.05, 4.69) is 43.5 Å². The molecule has 358 valence electrons. The van der Waals surface area contributed by atoms with Gasteiger partial charge in [-0.25, -0.2) is 4.79 Å². The van der Waals surface area contributed by atoms with Crippen LogP contribution < -0.4 is 55.3 Å². The third-order valence-corrected chi connectivity index (χ3v) is 10.1. The number of carbonyl (C=O) groups is 6. The van der Waals surface area contributed by atoms with Crippen molar-refractivity contribution in [2.75, 3.05) is 19.6 Å². The minimum atomic E-state index is -1.59. The summed E-state index contributed by atoms with van der Waals surface area (Å²) in [6.45, 7) is 7.72. The number of nitrogens with two attached hydrogens (primary N) is 5. The summed E-state index contributed by atoms with van der Waals surface area (Å²) in [5, 5.41) is 33.5. The van der Waals surface area contributed by atoms with Crippen LogP contribution in [0, 0.1) is 5.92 Å². The molecule has 0 aromatic rings. The fourth-order valence-electron chi connectivity index (χ4n) is 6.68. The smallest absolute Gasteiger partial charge is 0.326 e. The molecule has 17 N–H and O–H groups in total. The number of aliphatic imine (C=N–C) groups is 2. The molecule has 5 amide bonds. The largest absolute Gasteiger partial charge is 0.480 e. The molecule has 0 spiro atoms. The molecule has 0 aromatic carbocycles. The van der Waals surface area contributed by atoms with Gasteiger partial charge in [0.25, 0.3) is 0 Å². The number of rotatable bonds is 37. The van der Waals surface area contributed by atoms with Crippen molar-refractivity contribution in [1.29, 1.82) is 0 Å². The molecule has 0 fully saturated rings. The maximum absolute atomic E-state index is 13.9. The highest BCUT2D eigenvalue weighted by Gasteiger charge is 2.34. The molecule has 20 nitrogen and oxygen atoms in total. The van der Waals surface area contributed by atoms with Crippen LogP contribution >= 0.6 is 0 Å². The van der Waals surface area contributed by atoms with Crippen LogP contribution in [0.25, 0.3) is 0 Å². The maximum Gasteiger partial charge on any atom is 0.326 e. The minimum absolute atomic E-state index is 0.000193. The molecule has 0 aliphatic rings. The van der Waals surface area contributed by atoms with Crippen LogP contribution in [0.15, 0.2) is 9.98 Å². The molecule has 0 bridgehead atoms. The molecular weight excluding hydrogens is 801 g/mol. The van der Waals surface area contributed by atoms with E-state index in [4.69, 9.17) is 28.7 Å². The van der Waals surface area contributed by atoms with Gasteiger partial charge in [-0.05, 0) is 77.2 Å². The number of unbranched alkanes of at least 4 members (excludes halogenated alkanes) is 11. The Morgan fingerprint density at radius 3 is 1.45 bits per heavy atom. The Hall–Kier alpha value is -4.72. The number of hydrogen-bond acceptors (Lipinski definition) is 10. The van der Waals surface area contributed by atoms with Crippen LogP contribution in [0.2, 0.25) is 0 Å². The Kier molecular flexibility index (Phi) is 32.2. The standard InChI is InChI=1S/C42H82N12O8/c1-5-6-7-8-9-10-11-12-13-14-15-23-34(56)50-30(20-16-17-24-43)36(57)51-31(21-18-25-48-41(44)45)37(58)54-35(29(4)55)39(60)53-33(27-28(2)3)38(59)52-32(40(61)62)22-19-26-49-42(46)47/h28-33,35,55H,5-27,43H2,1-4H3,(H,50,56)(H,51,57)(H,52,59)(H,53,60)(H,54,58)(H,61,62)(H4,44,45,48)(H4,46,47,49)/t29-,30+,31+,32+,33+,35+/m1/s1. The molecular formula is C42H82N12O8. The second-order valence-corrected chi connectivity index (χ2v) is 16.5. The number of aliphatic carboxylic acids is 1. The van der Waals surface area contributed by atoms with Crippen LogP contribution in [0.4, 0.5) is 0 Å². The van der Waals surface area contributed by atoms with E-state index in [1.165, 1.54) is 51.9 Å². The number of nitrogens with zero attached hydrogens (tertiary/aromatic N) is 2. The predicted octanol–water partition coefficient (Wildman–Crippen LogP) is 0.859. The first kappa shape index (κ1) is 57.3. The SMILES string of the molecule is CCCCCCCCCCCCCC(=O)N[C@@H](CCCCN)C(=O)N[C@@H](CCCN=C(N)N)C(=O)N[C@H](C(=O)N[C@@H](CC(C)C)C(=O)N[C@@H](CCCN=C(N)N)C(=O)O)[C@@H](C)O. The number of guanidine groups is 2. The molecule has 20 heteroatoms. The van der Waals surface area contributed by atoms with Gasteiger partial charge in [-0.3, -0.25) is 34.0 Å². The van der Waals surface area contributed by atoms with Crippen molar-refractivity contribution in [3.63, 3.8) is 0 Å². The highest BCUT2D eigenvalue weighted by Crippen LogP contribution is 2.13. The number of nitrogens with one attached hydrogen (secondary N) is 5. The summed E-state index contributed by atoms with van der Waals surface area (Å²) in [6, 6.07) is -6.37. The summed E-state index contributed by atoms with van der Waals surface area (Å²) >= 11 is 0. The van der Waals surface area contributed by atoms with Gasteiger partial charge in [-0.1, -0.05) is 85.0 Å². The van der Waals surface area contributed by atoms with Gasteiger partial charge in [0.1, 0.15) is 30.2 Å². The predicted molar refractivity (Wildman–Crippen MR) is 242 cm³/mol. The molecule has 0 unspecified atom stereocenters. The molecule has 62 heavy (non-hydrogen) atoms. The van der Waals surface area contributed by atoms with Gasteiger partial charge in [-0.2, -0.15) is 0 Å². The number of hydrogen-bond donors (Lipinski definition) is 12. The van der Waals surface area contributed by atoms with Gasteiger partial charge in [0.15, 0.2) is 11.9 Å². The van der Waals surface area contributed by atoms with Crippen molar-refractivity contribution in [1.82, 2.24) is 26.6 Å². The molecule has 0 aliphatic heterocycles. The zero-order chi connectivity index (χ0) is 46.9. The van der Waals surface area contributed by atoms with E-state index in [1.54, 1.807) is 13.8 Å². The molecule has 0 rings (SSSR count). The van der Waals surface area contributed by atoms with Crippen molar-refractivity contribution < 1.29 is 39.0 Å². The quantitative estimate of drug-likeness (QED) is 0.0234. The van der Waals surface area contributed by atoms with Gasteiger partial charge >= 0.3 is 5.97 Å². The number of aliphatic hydroxyl groups excluding tert-OH is 1. The summed E-state index contributed by atoms with van der Waals surface area (Å²) in [4.78, 5) is 87.5. The van der Waals surface area contributed by atoms with E-state index in [1.807, 2.05) is 0 Å². The van der Waals surface area contributed by atoms with E-state index in [0.29, 0.717) is 25.8 Å². The summed E-state index contributed by atoms with van der Waals surface area (Å²) in [7, 11) is 0. The van der Waals surface area contributed by atoms with Gasteiger partial charge in [0.2, 0.25) is 29.5 Å². The lowest BCUT2D eigenvalue weighted by atomic mass is 10.0. The number of carboxylic acids is 1. The average Bonchev–Trinajstić information content (AvgIpc) is 3.19. The van der Waals surface area contributed by atoms with Gasteiger partial charge < -0.3 is 65.5 Å². The molecule has 0 radical (unpaired) electrons. The maximum atomic E-state index is 13.9. The molecule has 0 saturated heterocycles. The van der Waals surface area contributed by atoms with Gasteiger partial charge in [0.05, 0.1) is 6.10 Å². The van der Waals surface area contributed by atoms with Crippen LogP contribution in [-0.4, -0.2) is 114 Å². The monoisotopic (exact) mass is 883 g/mol. The highest BCUT2D eigenvalue weighted by molar-refractivity contribution is 5.96. The van der Waals surface area contributed by atoms with Crippen LogP contribution in [0.3, 0.4) is 0 Å². The topological polar surface area (TPSA) is 358 Å². The fourth-order valence-corrected chi connectivity index (χ4v) is 6.68. The van der Waals surface area contributed by atoms with Crippen molar-refractivity contribution in [3.05, 3.63) is 0 Å². The second-order valence-electron chi connectivity index (χ2n) is 16.5. The van der Waals surface area contributed by atoms with E-state index in [9.17, 15) is 39.0 Å². The number of amides is 5. The third kappa shape index (κ3) is 28.7. The van der Waals surface area contributed by atoms with Gasteiger partial charge in [-0.15, -0.1) is 0 Å². The zero-order valence-electron chi connectivity index (χ0n) is 37.9. The second kappa shape index (κ2) is 34.8. The highest BCUT2D eigenvalue weighted by atomic mass is 16.4.